The molecule has 1 aliphatic heterocycles. The Morgan fingerprint density at radius 2 is 1.84 bits per heavy atom. The van der Waals surface area contributed by atoms with Crippen molar-refractivity contribution in [1.82, 2.24) is 14.5 Å². The van der Waals surface area contributed by atoms with Crippen LogP contribution in [0.15, 0.2) is 53.6 Å². The minimum atomic E-state index is -0.972. The second-order valence-electron chi connectivity index (χ2n) is 7.55. The van der Waals surface area contributed by atoms with Crippen LogP contribution >= 0.6 is 0 Å². The van der Waals surface area contributed by atoms with Gasteiger partial charge in [-0.2, -0.15) is 0 Å². The first-order chi connectivity index (χ1) is 15.6. The number of carboxylic acids is 1. The molecule has 1 saturated heterocycles. The van der Waals surface area contributed by atoms with Crippen LogP contribution in [0, 0.1) is 11.8 Å². The number of nitrogens with zero attached hydrogens (tertiary/aromatic N) is 3. The molecular formula is C25H28FN3O3. The van der Waals surface area contributed by atoms with Gasteiger partial charge in [-0.3, -0.25) is 19.0 Å². The summed E-state index contributed by atoms with van der Waals surface area (Å²) >= 11 is 0. The van der Waals surface area contributed by atoms with E-state index in [0.29, 0.717) is 17.4 Å². The average Bonchev–Trinajstić information content (AvgIpc) is 2.83. The van der Waals surface area contributed by atoms with Gasteiger partial charge < -0.3 is 5.11 Å². The maximum Gasteiger partial charge on any atom is 0.335 e. The molecule has 2 aromatic carbocycles. The predicted molar refractivity (Wildman–Crippen MR) is 125 cm³/mol. The minimum absolute atomic E-state index is 0. The molecule has 0 unspecified atom stereocenters. The summed E-state index contributed by atoms with van der Waals surface area (Å²) in [6.07, 6.45) is 5.30. The summed E-state index contributed by atoms with van der Waals surface area (Å²) in [7, 11) is 0. The summed E-state index contributed by atoms with van der Waals surface area (Å²) in [5.41, 5.74) is 2.36. The van der Waals surface area contributed by atoms with E-state index in [1.807, 2.05) is 12.1 Å². The SMILES string of the molecule is C.O=C(O)c1ccc(Cn2cnc3ccc(C#CCN4CCCCC4)cc3c2=O)cc1.[3H]F. The van der Waals surface area contributed by atoms with Crippen LogP contribution < -0.4 is 5.56 Å². The number of aromatic carboxylic acids is 1. The van der Waals surface area contributed by atoms with E-state index < -0.39 is 5.97 Å². The van der Waals surface area contributed by atoms with Gasteiger partial charge in [-0.05, 0) is 61.8 Å². The second-order valence-corrected chi connectivity index (χ2v) is 7.55. The van der Waals surface area contributed by atoms with E-state index >= 15 is 0 Å². The molecule has 1 fully saturated rings. The Morgan fingerprint density at radius 3 is 2.53 bits per heavy atom. The average molecular weight is 440 g/mol. The van der Waals surface area contributed by atoms with Crippen molar-refractivity contribution in [2.24, 2.45) is 0 Å². The van der Waals surface area contributed by atoms with Gasteiger partial charge in [0, 0.05) is 5.56 Å². The van der Waals surface area contributed by atoms with E-state index in [1.165, 1.54) is 42.3 Å². The molecule has 3 aromatic rings. The lowest BCUT2D eigenvalue weighted by Gasteiger charge is -2.23. The van der Waals surface area contributed by atoms with E-state index in [-0.39, 0.29) is 18.5 Å². The van der Waals surface area contributed by atoms with E-state index in [2.05, 4.69) is 23.2 Å². The normalized spacial score (nSPS) is 13.6. The lowest BCUT2D eigenvalue weighted by Crippen LogP contribution is -2.29. The highest BCUT2D eigenvalue weighted by Crippen LogP contribution is 2.11. The molecule has 6 nitrogen and oxygen atoms in total. The van der Waals surface area contributed by atoms with Gasteiger partial charge >= 0.3 is 5.97 Å². The van der Waals surface area contributed by atoms with E-state index in [0.717, 1.165) is 30.8 Å². The maximum absolute atomic E-state index is 13.0. The van der Waals surface area contributed by atoms with Gasteiger partial charge in [0.05, 0.1) is 35.9 Å². The number of hydrogen-bond donors (Lipinski definition) is 1. The van der Waals surface area contributed by atoms with Crippen LogP contribution in [0.5, 0.6) is 0 Å². The molecule has 0 bridgehead atoms. The summed E-state index contributed by atoms with van der Waals surface area (Å²) in [6.45, 7) is 3.29. The summed E-state index contributed by atoms with van der Waals surface area (Å²) in [5.74, 6) is 5.42. The van der Waals surface area contributed by atoms with E-state index in [1.54, 1.807) is 18.2 Å². The zero-order valence-electron chi connectivity index (χ0n) is 18.1. The van der Waals surface area contributed by atoms with Crippen LogP contribution in [-0.4, -0.2) is 46.6 Å². The summed E-state index contributed by atoms with van der Waals surface area (Å²) in [4.78, 5) is 30.7. The van der Waals surface area contributed by atoms with Crippen molar-refractivity contribution in [1.29, 1.82) is 1.45 Å². The first kappa shape index (κ1) is 23.2. The Labute approximate surface area is 188 Å². The number of carbonyl (C=O) groups is 1. The van der Waals surface area contributed by atoms with Crippen LogP contribution in [0.1, 0.15) is 48.2 Å². The third-order valence-corrected chi connectivity index (χ3v) is 5.36. The quantitative estimate of drug-likeness (QED) is 0.627. The molecule has 2 heterocycles. The molecule has 4 rings (SSSR count). The number of rotatable bonds is 4. The molecule has 1 aromatic heterocycles. The minimum Gasteiger partial charge on any atom is -0.478 e. The Hall–Kier alpha value is -3.50. The van der Waals surface area contributed by atoms with Crippen molar-refractivity contribution in [3.63, 3.8) is 0 Å². The molecule has 0 radical (unpaired) electrons. The third-order valence-electron chi connectivity index (χ3n) is 5.36. The summed E-state index contributed by atoms with van der Waals surface area (Å²) in [6, 6.07) is 12.0. The highest BCUT2D eigenvalue weighted by atomic mass is 19.0. The highest BCUT2D eigenvalue weighted by Gasteiger charge is 2.09. The Bertz CT molecular complexity index is 1190. The molecule has 1 aliphatic rings. The molecule has 32 heavy (non-hydrogen) atoms. The topological polar surface area (TPSA) is 75.4 Å². The number of halogens is 1. The van der Waals surface area contributed by atoms with Crippen molar-refractivity contribution >= 4 is 16.9 Å². The molecule has 0 aliphatic carbocycles. The maximum atomic E-state index is 13.0. The van der Waals surface area contributed by atoms with Gasteiger partial charge in [-0.15, -0.1) is 0 Å². The number of benzene rings is 2. The van der Waals surface area contributed by atoms with Gasteiger partial charge in [0.2, 0.25) is 0 Å². The highest BCUT2D eigenvalue weighted by molar-refractivity contribution is 5.87. The van der Waals surface area contributed by atoms with Gasteiger partial charge in [0.25, 0.3) is 7.01 Å². The largest absolute Gasteiger partial charge is 0.478 e. The van der Waals surface area contributed by atoms with Crippen molar-refractivity contribution in [2.75, 3.05) is 19.6 Å². The van der Waals surface area contributed by atoms with Crippen LogP contribution in [0.3, 0.4) is 0 Å². The standard InChI is InChI=1S/C24H23N3O3.CH4.FH/c28-23-21-15-18(5-4-14-26-12-2-1-3-13-26)8-11-22(21)25-17-27(23)16-19-6-9-20(10-7-19)24(29)30;;/h6-11,15,17H,1-3,12-14,16H2,(H,29,30);1H4;1H/i/hT. The van der Waals surface area contributed by atoms with Crippen molar-refractivity contribution < 1.29 is 14.6 Å². The molecule has 0 saturated carbocycles. The number of aromatic nitrogens is 2. The molecular weight excluding hydrogens is 409 g/mol. The monoisotopic (exact) mass is 439 g/mol. The van der Waals surface area contributed by atoms with Crippen LogP contribution in [0.4, 0.5) is 4.72 Å². The summed E-state index contributed by atoms with van der Waals surface area (Å²) < 4.78 is 14.5. The Balaban J connectivity index is 0.00000125. The fourth-order valence-corrected chi connectivity index (χ4v) is 3.67. The zero-order chi connectivity index (χ0) is 22.9. The second kappa shape index (κ2) is 11.2. The van der Waals surface area contributed by atoms with Gasteiger partial charge in [-0.25, -0.2) is 9.78 Å². The fraction of sp³-hybridized carbons (Fsp3) is 0.320. The molecule has 7 heteroatoms. The first-order valence-corrected chi connectivity index (χ1v) is 10.1. The molecule has 1 N–H and O–H groups in total. The zero-order valence-corrected chi connectivity index (χ0v) is 17.1. The van der Waals surface area contributed by atoms with Gasteiger partial charge in [0.1, 0.15) is 0 Å². The smallest absolute Gasteiger partial charge is 0.335 e. The number of piperidine rings is 1. The molecule has 0 amide bonds. The number of likely N-dealkylation sites (tertiary alicyclic amines) is 1. The van der Waals surface area contributed by atoms with Crippen molar-refractivity contribution in [3.8, 4) is 11.8 Å². The van der Waals surface area contributed by atoms with Crippen LogP contribution in [0.25, 0.3) is 10.9 Å². The van der Waals surface area contributed by atoms with Crippen LogP contribution in [0.2, 0.25) is 0 Å². The predicted octanol–water partition coefficient (Wildman–Crippen LogP) is 3.77. The molecule has 168 valence electrons. The van der Waals surface area contributed by atoms with Crippen molar-refractivity contribution in [2.45, 2.75) is 33.2 Å². The summed E-state index contributed by atoms with van der Waals surface area (Å²) in [5, 5.41) is 9.54. The molecule has 0 spiro atoms. The van der Waals surface area contributed by atoms with Crippen molar-refractivity contribution in [3.05, 3.63) is 75.8 Å². The first-order valence-electron chi connectivity index (χ1n) is 10.5. The number of fused-ring (bicyclic) bond motifs is 1. The third kappa shape index (κ3) is 5.80. The lowest BCUT2D eigenvalue weighted by molar-refractivity contribution is 0.0697. The van der Waals surface area contributed by atoms with E-state index in [4.69, 9.17) is 9.82 Å². The Morgan fingerprint density at radius 1 is 1.12 bits per heavy atom. The fourth-order valence-electron chi connectivity index (χ4n) is 3.67. The Kier molecular flexibility index (Phi) is 8.12. The van der Waals surface area contributed by atoms with Gasteiger partial charge in [-0.1, -0.05) is 37.8 Å². The number of hydrogen-bond acceptors (Lipinski definition) is 4. The number of carboxylic acid groups (broad SMARTS) is 1. The van der Waals surface area contributed by atoms with E-state index in [9.17, 15) is 9.59 Å². The van der Waals surface area contributed by atoms with Gasteiger partial charge in [0.15, 0.2) is 0 Å². The lowest BCUT2D eigenvalue weighted by atomic mass is 10.1. The molecule has 0 atom stereocenters. The van der Waals surface area contributed by atoms with Crippen LogP contribution in [-0.2, 0) is 6.54 Å².